The second kappa shape index (κ2) is 4.66. The summed E-state index contributed by atoms with van der Waals surface area (Å²) in [7, 11) is 0. The Morgan fingerprint density at radius 2 is 2.50 bits per heavy atom. The van der Waals surface area contributed by atoms with Crippen LogP contribution >= 0.6 is 0 Å². The fourth-order valence-corrected chi connectivity index (χ4v) is 0.739. The molecular formula is C8H13N3O. The Morgan fingerprint density at radius 3 is 3.08 bits per heavy atom. The van der Waals surface area contributed by atoms with Gasteiger partial charge in [0.05, 0.1) is 0 Å². The molecule has 12 heavy (non-hydrogen) atoms. The van der Waals surface area contributed by atoms with Crippen LogP contribution in [0.5, 0.6) is 0 Å². The first-order valence-corrected chi connectivity index (χ1v) is 3.93. The molecule has 2 N–H and O–H groups in total. The zero-order valence-corrected chi connectivity index (χ0v) is 7.07. The van der Waals surface area contributed by atoms with E-state index in [4.69, 9.17) is 5.11 Å². The molecule has 0 aliphatic heterocycles. The van der Waals surface area contributed by atoms with Gasteiger partial charge >= 0.3 is 0 Å². The molecule has 1 aromatic heterocycles. The molecule has 0 aliphatic rings. The second-order valence-electron chi connectivity index (χ2n) is 2.76. The molecular weight excluding hydrogens is 154 g/mol. The third-order valence-electron chi connectivity index (χ3n) is 1.53. The first-order chi connectivity index (χ1) is 5.83. The molecule has 0 bridgehead atoms. The maximum absolute atomic E-state index is 8.74. The van der Waals surface area contributed by atoms with Gasteiger partial charge in [-0.15, -0.1) is 0 Å². The average Bonchev–Trinajstić information content (AvgIpc) is 2.16. The summed E-state index contributed by atoms with van der Waals surface area (Å²) < 4.78 is 0. The number of anilines is 1. The number of hydrogen-bond acceptors (Lipinski definition) is 4. The number of aliphatic hydroxyl groups excluding tert-OH is 1. The summed E-state index contributed by atoms with van der Waals surface area (Å²) in [6, 6.07) is 1.80. The van der Waals surface area contributed by atoms with E-state index < -0.39 is 0 Å². The van der Waals surface area contributed by atoms with Crippen LogP contribution in [0.15, 0.2) is 18.6 Å². The van der Waals surface area contributed by atoms with Crippen molar-refractivity contribution >= 4 is 5.82 Å². The van der Waals surface area contributed by atoms with E-state index in [9.17, 15) is 0 Å². The zero-order chi connectivity index (χ0) is 8.81. The molecule has 1 unspecified atom stereocenters. The van der Waals surface area contributed by atoms with Crippen LogP contribution in [0.3, 0.4) is 0 Å². The van der Waals surface area contributed by atoms with E-state index in [2.05, 4.69) is 15.3 Å². The van der Waals surface area contributed by atoms with Gasteiger partial charge in [0.25, 0.3) is 0 Å². The van der Waals surface area contributed by atoms with Crippen LogP contribution in [0.4, 0.5) is 5.82 Å². The Hall–Kier alpha value is -1.16. The van der Waals surface area contributed by atoms with Crippen molar-refractivity contribution in [3.8, 4) is 0 Å². The van der Waals surface area contributed by atoms with Crippen LogP contribution in [-0.2, 0) is 0 Å². The predicted molar refractivity (Wildman–Crippen MR) is 46.8 cm³/mol. The van der Waals surface area contributed by atoms with Gasteiger partial charge in [0, 0.05) is 19.3 Å². The Labute approximate surface area is 71.7 Å². The fraction of sp³-hybridized carbons (Fsp3) is 0.500. The van der Waals surface area contributed by atoms with E-state index in [-0.39, 0.29) is 12.5 Å². The minimum absolute atomic E-state index is 0.193. The van der Waals surface area contributed by atoms with E-state index in [0.717, 1.165) is 12.4 Å². The normalized spacial score (nSPS) is 12.5. The second-order valence-corrected chi connectivity index (χ2v) is 2.76. The maximum atomic E-state index is 8.74. The van der Waals surface area contributed by atoms with Crippen molar-refractivity contribution < 1.29 is 5.11 Å². The number of hydrogen-bond donors (Lipinski definition) is 2. The minimum Gasteiger partial charge on any atom is -0.396 e. The monoisotopic (exact) mass is 167 g/mol. The van der Waals surface area contributed by atoms with Crippen LogP contribution in [0.2, 0.25) is 0 Å². The summed E-state index contributed by atoms with van der Waals surface area (Å²) in [5.41, 5.74) is 0. The minimum atomic E-state index is 0.193. The SMILES string of the molecule is CC(CO)CNc1ccncn1. The molecule has 0 aliphatic carbocycles. The van der Waals surface area contributed by atoms with E-state index >= 15 is 0 Å². The molecule has 0 aromatic carbocycles. The van der Waals surface area contributed by atoms with Gasteiger partial charge in [-0.25, -0.2) is 9.97 Å². The van der Waals surface area contributed by atoms with Crippen LogP contribution in [0.25, 0.3) is 0 Å². The molecule has 4 heteroatoms. The van der Waals surface area contributed by atoms with Crippen LogP contribution < -0.4 is 5.32 Å². The molecule has 0 saturated carbocycles. The van der Waals surface area contributed by atoms with Gasteiger partial charge in [-0.05, 0) is 12.0 Å². The third kappa shape index (κ3) is 2.84. The highest BCUT2D eigenvalue weighted by Crippen LogP contribution is 2.00. The van der Waals surface area contributed by atoms with Crippen molar-refractivity contribution in [3.05, 3.63) is 18.6 Å². The Balaban J connectivity index is 2.33. The molecule has 1 heterocycles. The highest BCUT2D eigenvalue weighted by Gasteiger charge is 1.98. The number of aliphatic hydroxyl groups is 1. The highest BCUT2D eigenvalue weighted by molar-refractivity contribution is 5.31. The summed E-state index contributed by atoms with van der Waals surface area (Å²) in [4.78, 5) is 7.77. The summed E-state index contributed by atoms with van der Waals surface area (Å²) >= 11 is 0. The Kier molecular flexibility index (Phi) is 3.47. The van der Waals surface area contributed by atoms with Crippen molar-refractivity contribution in [1.82, 2.24) is 9.97 Å². The average molecular weight is 167 g/mol. The van der Waals surface area contributed by atoms with Crippen molar-refractivity contribution in [1.29, 1.82) is 0 Å². The van der Waals surface area contributed by atoms with Gasteiger partial charge in [0.15, 0.2) is 0 Å². The van der Waals surface area contributed by atoms with Gasteiger partial charge in [0.2, 0.25) is 0 Å². The number of rotatable bonds is 4. The molecule has 1 aromatic rings. The summed E-state index contributed by atoms with van der Waals surface area (Å²) in [5, 5.41) is 11.8. The molecule has 0 amide bonds. The van der Waals surface area contributed by atoms with Gasteiger partial charge in [-0.1, -0.05) is 6.92 Å². The maximum Gasteiger partial charge on any atom is 0.129 e. The first-order valence-electron chi connectivity index (χ1n) is 3.93. The lowest BCUT2D eigenvalue weighted by Gasteiger charge is -2.08. The quantitative estimate of drug-likeness (QED) is 0.686. The van der Waals surface area contributed by atoms with Gasteiger partial charge in [-0.3, -0.25) is 0 Å². The summed E-state index contributed by atoms with van der Waals surface area (Å²) in [5.74, 6) is 1.05. The van der Waals surface area contributed by atoms with Crippen LogP contribution in [-0.4, -0.2) is 28.2 Å². The molecule has 0 spiro atoms. The smallest absolute Gasteiger partial charge is 0.129 e. The topological polar surface area (TPSA) is 58.0 Å². The fourth-order valence-electron chi connectivity index (χ4n) is 0.739. The summed E-state index contributed by atoms with van der Waals surface area (Å²) in [6.07, 6.45) is 3.17. The van der Waals surface area contributed by atoms with Gasteiger partial charge < -0.3 is 10.4 Å². The van der Waals surface area contributed by atoms with Crippen LogP contribution in [0, 0.1) is 5.92 Å². The van der Waals surface area contributed by atoms with E-state index in [1.165, 1.54) is 6.33 Å². The Bertz CT molecular complexity index is 215. The summed E-state index contributed by atoms with van der Waals surface area (Å²) in [6.45, 7) is 2.89. The molecule has 1 atom stereocenters. The third-order valence-corrected chi connectivity index (χ3v) is 1.53. The van der Waals surface area contributed by atoms with Gasteiger partial charge in [0.1, 0.15) is 12.1 Å². The number of aromatic nitrogens is 2. The molecule has 0 fully saturated rings. The largest absolute Gasteiger partial charge is 0.396 e. The Morgan fingerprint density at radius 1 is 1.67 bits per heavy atom. The zero-order valence-electron chi connectivity index (χ0n) is 7.07. The van der Waals surface area contributed by atoms with E-state index in [1.807, 2.05) is 6.92 Å². The first kappa shape index (κ1) is 8.93. The van der Waals surface area contributed by atoms with E-state index in [0.29, 0.717) is 0 Å². The van der Waals surface area contributed by atoms with Crippen LogP contribution in [0.1, 0.15) is 6.92 Å². The number of nitrogens with zero attached hydrogens (tertiary/aromatic N) is 2. The van der Waals surface area contributed by atoms with Crippen molar-refractivity contribution in [3.63, 3.8) is 0 Å². The lowest BCUT2D eigenvalue weighted by Crippen LogP contribution is -2.14. The molecule has 1 rings (SSSR count). The van der Waals surface area contributed by atoms with Gasteiger partial charge in [-0.2, -0.15) is 0 Å². The van der Waals surface area contributed by atoms with Crippen molar-refractivity contribution in [2.24, 2.45) is 5.92 Å². The standard InChI is InChI=1S/C8H13N3O/c1-7(5-12)4-10-8-2-3-9-6-11-8/h2-3,6-7,12H,4-5H2,1H3,(H,9,10,11). The highest BCUT2D eigenvalue weighted by atomic mass is 16.3. The molecule has 4 nitrogen and oxygen atoms in total. The molecule has 0 saturated heterocycles. The number of nitrogens with one attached hydrogen (secondary N) is 1. The lowest BCUT2D eigenvalue weighted by molar-refractivity contribution is 0.244. The molecule has 0 radical (unpaired) electrons. The van der Waals surface area contributed by atoms with E-state index in [1.54, 1.807) is 12.3 Å². The lowest BCUT2D eigenvalue weighted by atomic mass is 10.2. The predicted octanol–water partition coefficient (Wildman–Crippen LogP) is 0.517. The van der Waals surface area contributed by atoms with Crippen molar-refractivity contribution in [2.75, 3.05) is 18.5 Å². The van der Waals surface area contributed by atoms with Crippen molar-refractivity contribution in [2.45, 2.75) is 6.92 Å². The molecule has 66 valence electrons.